The van der Waals surface area contributed by atoms with Crippen LogP contribution in [0.15, 0.2) is 6.20 Å². The summed E-state index contributed by atoms with van der Waals surface area (Å²) in [7, 11) is 0. The van der Waals surface area contributed by atoms with Crippen LogP contribution in [0.4, 0.5) is 8.78 Å². The summed E-state index contributed by atoms with van der Waals surface area (Å²) in [6.45, 7) is 0. The molecule has 0 saturated carbocycles. The highest BCUT2D eigenvalue weighted by atomic mass is 35.5. The van der Waals surface area contributed by atoms with Gasteiger partial charge in [0.1, 0.15) is 0 Å². The van der Waals surface area contributed by atoms with E-state index in [4.69, 9.17) is 28.3 Å². The lowest BCUT2D eigenvalue weighted by Gasteiger charge is -2.10. The van der Waals surface area contributed by atoms with Gasteiger partial charge in [0.25, 0.3) is 6.43 Å². The summed E-state index contributed by atoms with van der Waals surface area (Å²) >= 11 is 11.2. The maximum Gasteiger partial charge on any atom is 0.307 e. The van der Waals surface area contributed by atoms with Gasteiger partial charge in [0.05, 0.1) is 23.0 Å². The van der Waals surface area contributed by atoms with E-state index < -0.39 is 24.4 Å². The molecule has 0 amide bonds. The number of aliphatic carboxylic acids is 1. The quantitative estimate of drug-likeness (QED) is 0.855. The molecular formula is C9H7Cl2F2NO2. The molecule has 0 bridgehead atoms. The zero-order chi connectivity index (χ0) is 12.3. The van der Waals surface area contributed by atoms with Gasteiger partial charge in [-0.1, -0.05) is 11.6 Å². The van der Waals surface area contributed by atoms with Crippen LogP contribution >= 0.6 is 23.2 Å². The van der Waals surface area contributed by atoms with Gasteiger partial charge in [-0.05, 0) is 5.56 Å². The number of carbonyl (C=O) groups is 1. The Kier molecular flexibility index (Phi) is 4.44. The number of halogens is 4. The zero-order valence-corrected chi connectivity index (χ0v) is 9.40. The molecule has 16 heavy (non-hydrogen) atoms. The third-order valence-electron chi connectivity index (χ3n) is 1.92. The number of aromatic nitrogens is 1. The summed E-state index contributed by atoms with van der Waals surface area (Å²) < 4.78 is 25.1. The molecule has 1 rings (SSSR count). The van der Waals surface area contributed by atoms with E-state index in [-0.39, 0.29) is 22.2 Å². The van der Waals surface area contributed by atoms with E-state index in [1.165, 1.54) is 0 Å². The molecule has 0 aromatic carbocycles. The van der Waals surface area contributed by atoms with Crippen molar-refractivity contribution in [1.29, 1.82) is 0 Å². The third-order valence-corrected chi connectivity index (χ3v) is 2.62. The van der Waals surface area contributed by atoms with Crippen LogP contribution in [0.2, 0.25) is 5.02 Å². The van der Waals surface area contributed by atoms with Crippen LogP contribution in [0, 0.1) is 0 Å². The molecule has 88 valence electrons. The second kappa shape index (κ2) is 5.41. The van der Waals surface area contributed by atoms with E-state index in [0.29, 0.717) is 0 Å². The molecule has 0 unspecified atom stereocenters. The highest BCUT2D eigenvalue weighted by molar-refractivity contribution is 6.33. The van der Waals surface area contributed by atoms with Gasteiger partial charge in [-0.2, -0.15) is 0 Å². The van der Waals surface area contributed by atoms with Gasteiger partial charge in [0.2, 0.25) is 0 Å². The van der Waals surface area contributed by atoms with Gasteiger partial charge < -0.3 is 5.11 Å². The molecule has 7 heteroatoms. The Morgan fingerprint density at radius 1 is 1.56 bits per heavy atom. The van der Waals surface area contributed by atoms with Crippen LogP contribution in [0.3, 0.4) is 0 Å². The predicted molar refractivity (Wildman–Crippen MR) is 55.1 cm³/mol. The van der Waals surface area contributed by atoms with Crippen LogP contribution in [0.1, 0.15) is 23.2 Å². The lowest BCUT2D eigenvalue weighted by molar-refractivity contribution is -0.136. The van der Waals surface area contributed by atoms with Crippen LogP contribution in [-0.4, -0.2) is 16.1 Å². The minimum atomic E-state index is -2.82. The van der Waals surface area contributed by atoms with Crippen molar-refractivity contribution in [3.63, 3.8) is 0 Å². The highest BCUT2D eigenvalue weighted by Crippen LogP contribution is 2.30. The van der Waals surface area contributed by atoms with Gasteiger partial charge in [-0.25, -0.2) is 8.78 Å². The van der Waals surface area contributed by atoms with E-state index in [0.717, 1.165) is 6.20 Å². The molecular weight excluding hydrogens is 263 g/mol. The van der Waals surface area contributed by atoms with Gasteiger partial charge >= 0.3 is 5.97 Å². The number of carboxylic acids is 1. The topological polar surface area (TPSA) is 50.2 Å². The van der Waals surface area contributed by atoms with Crippen molar-refractivity contribution in [3.8, 4) is 0 Å². The van der Waals surface area contributed by atoms with Crippen molar-refractivity contribution >= 4 is 29.2 Å². The maximum absolute atomic E-state index is 12.6. The molecule has 0 radical (unpaired) electrons. The van der Waals surface area contributed by atoms with Crippen LogP contribution in [0.5, 0.6) is 0 Å². The van der Waals surface area contributed by atoms with Crippen molar-refractivity contribution in [2.75, 3.05) is 0 Å². The molecule has 0 saturated heterocycles. The zero-order valence-electron chi connectivity index (χ0n) is 7.88. The largest absolute Gasteiger partial charge is 0.481 e. The Morgan fingerprint density at radius 2 is 2.19 bits per heavy atom. The molecule has 1 aromatic rings. The fraction of sp³-hybridized carbons (Fsp3) is 0.333. The fourth-order valence-corrected chi connectivity index (χ4v) is 1.76. The Morgan fingerprint density at radius 3 is 2.62 bits per heavy atom. The fourth-order valence-electron chi connectivity index (χ4n) is 1.20. The minimum Gasteiger partial charge on any atom is -0.481 e. The molecule has 3 nitrogen and oxygen atoms in total. The average molecular weight is 270 g/mol. The summed E-state index contributed by atoms with van der Waals surface area (Å²) in [5.74, 6) is -1.30. The summed E-state index contributed by atoms with van der Waals surface area (Å²) in [4.78, 5) is 14.2. The maximum atomic E-state index is 12.6. The number of hydrogen-bond donors (Lipinski definition) is 1. The second-order valence-electron chi connectivity index (χ2n) is 2.96. The first-order chi connectivity index (χ1) is 7.47. The Bertz CT molecular complexity index is 413. The van der Waals surface area contributed by atoms with Crippen molar-refractivity contribution in [1.82, 2.24) is 4.98 Å². The highest BCUT2D eigenvalue weighted by Gasteiger charge is 2.20. The number of alkyl halides is 3. The predicted octanol–water partition coefficient (Wildman–Crippen LogP) is 3.04. The smallest absolute Gasteiger partial charge is 0.307 e. The van der Waals surface area contributed by atoms with Crippen LogP contribution in [-0.2, 0) is 17.1 Å². The number of pyridine rings is 1. The van der Waals surface area contributed by atoms with E-state index in [1.807, 2.05) is 0 Å². The lowest BCUT2D eigenvalue weighted by Crippen LogP contribution is -2.07. The number of hydrogen-bond acceptors (Lipinski definition) is 2. The molecule has 0 aliphatic rings. The third kappa shape index (κ3) is 2.80. The first-order valence-corrected chi connectivity index (χ1v) is 5.10. The van der Waals surface area contributed by atoms with Gasteiger partial charge in [-0.15, -0.1) is 11.6 Å². The first-order valence-electron chi connectivity index (χ1n) is 4.19. The van der Waals surface area contributed by atoms with Crippen molar-refractivity contribution in [2.24, 2.45) is 0 Å². The molecule has 0 spiro atoms. The normalized spacial score (nSPS) is 10.8. The Labute approximate surface area is 100 Å². The minimum absolute atomic E-state index is 0.0605. The summed E-state index contributed by atoms with van der Waals surface area (Å²) in [5, 5.41) is 8.50. The van der Waals surface area contributed by atoms with E-state index in [9.17, 15) is 13.6 Å². The monoisotopic (exact) mass is 269 g/mol. The molecule has 0 atom stereocenters. The average Bonchev–Trinajstić information content (AvgIpc) is 2.19. The van der Waals surface area contributed by atoms with Crippen LogP contribution in [0.25, 0.3) is 0 Å². The van der Waals surface area contributed by atoms with E-state index >= 15 is 0 Å². The molecule has 0 aliphatic heterocycles. The van der Waals surface area contributed by atoms with Gasteiger partial charge in [0.15, 0.2) is 0 Å². The SMILES string of the molecule is O=C(O)Cc1c(C(F)F)cnc(CCl)c1Cl. The Hall–Kier alpha value is -0.940. The molecule has 0 aliphatic carbocycles. The number of rotatable bonds is 4. The Balaban J connectivity index is 3.30. The van der Waals surface area contributed by atoms with E-state index in [2.05, 4.69) is 4.98 Å². The summed E-state index contributed by atoms with van der Waals surface area (Å²) in [6, 6.07) is 0. The molecule has 1 heterocycles. The van der Waals surface area contributed by atoms with E-state index in [1.54, 1.807) is 0 Å². The van der Waals surface area contributed by atoms with Gasteiger partial charge in [-0.3, -0.25) is 9.78 Å². The van der Waals surface area contributed by atoms with Crippen molar-refractivity contribution in [2.45, 2.75) is 18.7 Å². The summed E-state index contributed by atoms with van der Waals surface area (Å²) in [6.07, 6.45) is -2.49. The second-order valence-corrected chi connectivity index (χ2v) is 3.60. The number of carboxylic acid groups (broad SMARTS) is 1. The molecule has 1 aromatic heterocycles. The summed E-state index contributed by atoms with van der Waals surface area (Å²) in [5.41, 5.74) is -0.403. The number of nitrogens with zero attached hydrogens (tertiary/aromatic N) is 1. The van der Waals surface area contributed by atoms with Gasteiger partial charge in [0, 0.05) is 11.8 Å². The van der Waals surface area contributed by atoms with Crippen molar-refractivity contribution in [3.05, 3.63) is 28.0 Å². The lowest BCUT2D eigenvalue weighted by atomic mass is 10.1. The van der Waals surface area contributed by atoms with Crippen LogP contribution < -0.4 is 0 Å². The first kappa shape index (κ1) is 13.1. The van der Waals surface area contributed by atoms with Crippen molar-refractivity contribution < 1.29 is 18.7 Å². The molecule has 1 N–H and O–H groups in total. The standard InChI is InChI=1S/C9H7Cl2F2NO2/c10-2-6-8(11)4(1-7(15)16)5(3-14-6)9(12)13/h3,9H,1-2H2,(H,15,16). The molecule has 0 fully saturated rings.